The highest BCUT2D eigenvalue weighted by Gasteiger charge is 2.26. The number of hydrogen-bond donors (Lipinski definition) is 1. The van der Waals surface area contributed by atoms with Gasteiger partial charge in [-0.2, -0.15) is 5.10 Å². The first-order chi connectivity index (χ1) is 12.0. The van der Waals surface area contributed by atoms with Gasteiger partial charge < -0.3 is 15.0 Å². The topological polar surface area (TPSA) is 59.4 Å². The quantitative estimate of drug-likeness (QED) is 0.908. The monoisotopic (exact) mass is 342 g/mol. The van der Waals surface area contributed by atoms with Crippen LogP contribution in [-0.4, -0.2) is 45.9 Å². The fraction of sp³-hybridized carbons (Fsp3) is 0.474. The highest BCUT2D eigenvalue weighted by Crippen LogP contribution is 2.18. The van der Waals surface area contributed by atoms with E-state index in [9.17, 15) is 4.79 Å². The molecule has 1 aliphatic heterocycles. The lowest BCUT2D eigenvalue weighted by molar-refractivity contribution is -0.144. The van der Waals surface area contributed by atoms with E-state index in [4.69, 9.17) is 4.74 Å². The summed E-state index contributed by atoms with van der Waals surface area (Å²) in [7, 11) is 0. The summed E-state index contributed by atoms with van der Waals surface area (Å²) in [5, 5.41) is 7.73. The van der Waals surface area contributed by atoms with E-state index in [1.807, 2.05) is 43.1 Å². The van der Waals surface area contributed by atoms with Crippen molar-refractivity contribution in [2.24, 2.45) is 0 Å². The van der Waals surface area contributed by atoms with Gasteiger partial charge in [-0.15, -0.1) is 0 Å². The standard InChI is InChI=1S/C19H26N4O2/c1-14-10-22(11-15(2)25-14)19(24)13-23-12-18(9-20-23)21-16(3)17-7-5-4-6-8-17/h4-9,12,14-16,21H,10-11,13H2,1-3H3. The number of hydrogen-bond acceptors (Lipinski definition) is 4. The zero-order chi connectivity index (χ0) is 17.8. The minimum atomic E-state index is 0.0766. The normalized spacial score (nSPS) is 21.8. The number of nitrogens with one attached hydrogen (secondary N) is 1. The van der Waals surface area contributed by atoms with Crippen molar-refractivity contribution >= 4 is 11.6 Å². The molecule has 0 aliphatic carbocycles. The minimum absolute atomic E-state index is 0.0766. The number of ether oxygens (including phenoxy) is 1. The first kappa shape index (κ1) is 17.5. The molecule has 0 saturated carbocycles. The summed E-state index contributed by atoms with van der Waals surface area (Å²) in [5.74, 6) is 0.0766. The van der Waals surface area contributed by atoms with Gasteiger partial charge in [0.2, 0.25) is 5.91 Å². The molecule has 0 bridgehead atoms. The van der Waals surface area contributed by atoms with Crippen LogP contribution in [0.2, 0.25) is 0 Å². The van der Waals surface area contributed by atoms with E-state index in [1.165, 1.54) is 5.56 Å². The third-order valence-electron chi connectivity index (χ3n) is 4.39. The summed E-state index contributed by atoms with van der Waals surface area (Å²) in [6.07, 6.45) is 3.80. The van der Waals surface area contributed by atoms with Crippen LogP contribution in [0.5, 0.6) is 0 Å². The number of anilines is 1. The van der Waals surface area contributed by atoms with Gasteiger partial charge in [-0.3, -0.25) is 9.48 Å². The van der Waals surface area contributed by atoms with Crippen molar-refractivity contribution in [3.63, 3.8) is 0 Å². The summed E-state index contributed by atoms with van der Waals surface area (Å²) in [6.45, 7) is 7.63. The van der Waals surface area contributed by atoms with E-state index in [-0.39, 0.29) is 30.7 Å². The predicted molar refractivity (Wildman–Crippen MR) is 97.3 cm³/mol. The highest BCUT2D eigenvalue weighted by molar-refractivity contribution is 5.76. The van der Waals surface area contributed by atoms with Crippen LogP contribution >= 0.6 is 0 Å². The van der Waals surface area contributed by atoms with Crippen LogP contribution in [0.15, 0.2) is 42.7 Å². The number of aromatic nitrogens is 2. The fourth-order valence-electron chi connectivity index (χ4n) is 3.22. The molecule has 134 valence electrons. The van der Waals surface area contributed by atoms with Crippen molar-refractivity contribution in [3.8, 4) is 0 Å². The minimum Gasteiger partial charge on any atom is -0.376 e. The van der Waals surface area contributed by atoms with Gasteiger partial charge in [0.15, 0.2) is 0 Å². The average molecular weight is 342 g/mol. The molecule has 6 nitrogen and oxygen atoms in total. The number of morpholine rings is 1. The van der Waals surface area contributed by atoms with Crippen LogP contribution in [-0.2, 0) is 16.1 Å². The Morgan fingerprint density at radius 2 is 1.96 bits per heavy atom. The van der Waals surface area contributed by atoms with Crippen LogP contribution in [0, 0.1) is 0 Å². The van der Waals surface area contributed by atoms with Gasteiger partial charge in [-0.05, 0) is 26.3 Å². The largest absolute Gasteiger partial charge is 0.376 e. The molecule has 1 amide bonds. The molecule has 1 aliphatic rings. The molecule has 1 aromatic carbocycles. The molecular formula is C19H26N4O2. The number of nitrogens with zero attached hydrogens (tertiary/aromatic N) is 3. The van der Waals surface area contributed by atoms with E-state index >= 15 is 0 Å². The van der Waals surface area contributed by atoms with E-state index in [0.29, 0.717) is 13.1 Å². The average Bonchev–Trinajstić information content (AvgIpc) is 3.01. The zero-order valence-electron chi connectivity index (χ0n) is 15.1. The molecule has 3 unspecified atom stereocenters. The fourth-order valence-corrected chi connectivity index (χ4v) is 3.22. The number of rotatable bonds is 5. The Morgan fingerprint density at radius 1 is 1.28 bits per heavy atom. The Hall–Kier alpha value is -2.34. The number of carbonyl (C=O) groups excluding carboxylic acids is 1. The zero-order valence-corrected chi connectivity index (χ0v) is 15.1. The van der Waals surface area contributed by atoms with Gasteiger partial charge in [0.05, 0.1) is 24.1 Å². The molecule has 1 fully saturated rings. The Kier molecular flexibility index (Phi) is 5.38. The first-order valence-electron chi connectivity index (χ1n) is 8.78. The smallest absolute Gasteiger partial charge is 0.244 e. The van der Waals surface area contributed by atoms with E-state index < -0.39 is 0 Å². The lowest BCUT2D eigenvalue weighted by Gasteiger charge is -2.35. The van der Waals surface area contributed by atoms with E-state index in [2.05, 4.69) is 29.5 Å². The van der Waals surface area contributed by atoms with Crippen molar-refractivity contribution in [2.75, 3.05) is 18.4 Å². The molecule has 0 radical (unpaired) electrons. The van der Waals surface area contributed by atoms with Crippen LogP contribution in [0.3, 0.4) is 0 Å². The van der Waals surface area contributed by atoms with Gasteiger partial charge >= 0.3 is 0 Å². The summed E-state index contributed by atoms with van der Waals surface area (Å²) < 4.78 is 7.37. The van der Waals surface area contributed by atoms with Gasteiger partial charge in [0.25, 0.3) is 0 Å². The molecule has 3 rings (SSSR count). The molecule has 1 N–H and O–H groups in total. The van der Waals surface area contributed by atoms with E-state index in [1.54, 1.807) is 10.9 Å². The summed E-state index contributed by atoms with van der Waals surface area (Å²) in [6, 6.07) is 10.4. The maximum atomic E-state index is 12.5. The molecule has 2 heterocycles. The Labute approximate surface area is 148 Å². The maximum Gasteiger partial charge on any atom is 0.244 e. The Bertz CT molecular complexity index is 690. The van der Waals surface area contributed by atoms with Gasteiger partial charge in [-0.1, -0.05) is 30.3 Å². The lowest BCUT2D eigenvalue weighted by atomic mass is 10.1. The lowest BCUT2D eigenvalue weighted by Crippen LogP contribution is -2.49. The molecule has 25 heavy (non-hydrogen) atoms. The second kappa shape index (κ2) is 7.70. The van der Waals surface area contributed by atoms with Crippen LogP contribution in [0.1, 0.15) is 32.4 Å². The van der Waals surface area contributed by atoms with Gasteiger partial charge in [-0.25, -0.2) is 0 Å². The maximum absolute atomic E-state index is 12.5. The van der Waals surface area contributed by atoms with Crippen LogP contribution in [0.25, 0.3) is 0 Å². The molecular weight excluding hydrogens is 316 g/mol. The van der Waals surface area contributed by atoms with Gasteiger partial charge in [0, 0.05) is 25.3 Å². The first-order valence-corrected chi connectivity index (χ1v) is 8.78. The number of carbonyl (C=O) groups is 1. The summed E-state index contributed by atoms with van der Waals surface area (Å²) in [4.78, 5) is 14.4. The van der Waals surface area contributed by atoms with Crippen LogP contribution in [0.4, 0.5) is 5.69 Å². The Balaban J connectivity index is 1.57. The van der Waals surface area contributed by atoms with Crippen molar-refractivity contribution in [1.29, 1.82) is 0 Å². The van der Waals surface area contributed by atoms with Crippen molar-refractivity contribution in [1.82, 2.24) is 14.7 Å². The number of benzene rings is 1. The van der Waals surface area contributed by atoms with E-state index in [0.717, 1.165) is 5.69 Å². The van der Waals surface area contributed by atoms with Crippen LogP contribution < -0.4 is 5.32 Å². The third-order valence-corrected chi connectivity index (χ3v) is 4.39. The second-order valence-electron chi connectivity index (χ2n) is 6.76. The van der Waals surface area contributed by atoms with Crippen molar-refractivity contribution in [3.05, 3.63) is 48.3 Å². The molecule has 0 spiro atoms. The molecule has 1 saturated heterocycles. The SMILES string of the molecule is CC1CN(C(=O)Cn2cc(NC(C)c3ccccc3)cn2)CC(C)O1. The molecule has 1 aromatic heterocycles. The molecule has 2 aromatic rings. The second-order valence-corrected chi connectivity index (χ2v) is 6.76. The Morgan fingerprint density at radius 3 is 2.64 bits per heavy atom. The number of amides is 1. The predicted octanol–water partition coefficient (Wildman–Crippen LogP) is 2.69. The third kappa shape index (κ3) is 4.60. The molecule has 6 heteroatoms. The summed E-state index contributed by atoms with van der Waals surface area (Å²) in [5.41, 5.74) is 2.12. The highest BCUT2D eigenvalue weighted by atomic mass is 16.5. The van der Waals surface area contributed by atoms with Crippen molar-refractivity contribution in [2.45, 2.75) is 45.6 Å². The summed E-state index contributed by atoms with van der Waals surface area (Å²) >= 11 is 0. The van der Waals surface area contributed by atoms with Gasteiger partial charge in [0.1, 0.15) is 6.54 Å². The molecule has 3 atom stereocenters. The van der Waals surface area contributed by atoms with Crippen molar-refractivity contribution < 1.29 is 9.53 Å².